The van der Waals surface area contributed by atoms with E-state index in [4.69, 9.17) is 9.47 Å². The molecule has 0 aromatic heterocycles. The Morgan fingerprint density at radius 1 is 1.45 bits per heavy atom. The molecule has 0 aliphatic carbocycles. The number of esters is 1. The molecule has 1 unspecified atom stereocenters. The number of benzene rings is 1. The Labute approximate surface area is 115 Å². The maximum atomic E-state index is 11.6. The summed E-state index contributed by atoms with van der Waals surface area (Å²) in [6, 6.07) is 3.73. The number of nitrogens with zero attached hydrogens (tertiary/aromatic N) is 1. The SMILES string of the molecule is CCOC(=O)C(CC)Oc1ccc([N+](=O)[O-])c(C=O)c1. The van der Waals surface area contributed by atoms with Crippen LogP contribution in [0.4, 0.5) is 5.69 Å². The Morgan fingerprint density at radius 2 is 2.15 bits per heavy atom. The smallest absolute Gasteiger partial charge is 0.347 e. The molecule has 1 aromatic carbocycles. The van der Waals surface area contributed by atoms with Crippen LogP contribution in [0.3, 0.4) is 0 Å². The number of ether oxygens (including phenoxy) is 2. The van der Waals surface area contributed by atoms with Crippen molar-refractivity contribution in [1.82, 2.24) is 0 Å². The number of hydrogen-bond acceptors (Lipinski definition) is 6. The van der Waals surface area contributed by atoms with E-state index in [2.05, 4.69) is 0 Å². The summed E-state index contributed by atoms with van der Waals surface area (Å²) in [4.78, 5) is 32.4. The minimum absolute atomic E-state index is 0.105. The van der Waals surface area contributed by atoms with E-state index < -0.39 is 17.0 Å². The van der Waals surface area contributed by atoms with Crippen LogP contribution in [0.2, 0.25) is 0 Å². The molecule has 0 aliphatic heterocycles. The van der Waals surface area contributed by atoms with Gasteiger partial charge in [-0.2, -0.15) is 0 Å². The lowest BCUT2D eigenvalue weighted by Crippen LogP contribution is -2.28. The summed E-state index contributed by atoms with van der Waals surface area (Å²) >= 11 is 0. The van der Waals surface area contributed by atoms with E-state index in [9.17, 15) is 19.7 Å². The summed E-state index contributed by atoms with van der Waals surface area (Å²) in [6.45, 7) is 3.66. The van der Waals surface area contributed by atoms with E-state index in [0.29, 0.717) is 12.7 Å². The van der Waals surface area contributed by atoms with Gasteiger partial charge in [0.2, 0.25) is 0 Å². The van der Waals surface area contributed by atoms with Crippen LogP contribution in [0, 0.1) is 10.1 Å². The quantitative estimate of drug-likeness (QED) is 0.329. The predicted molar refractivity (Wildman–Crippen MR) is 69.8 cm³/mol. The van der Waals surface area contributed by atoms with Crippen molar-refractivity contribution in [2.75, 3.05) is 6.61 Å². The normalized spacial score (nSPS) is 11.5. The van der Waals surface area contributed by atoms with Gasteiger partial charge in [0.1, 0.15) is 5.75 Å². The maximum Gasteiger partial charge on any atom is 0.347 e. The Kier molecular flexibility index (Phi) is 5.64. The first kappa shape index (κ1) is 15.6. The fourth-order valence-electron chi connectivity index (χ4n) is 1.56. The molecular weight excluding hydrogens is 266 g/mol. The third-order valence-corrected chi connectivity index (χ3v) is 2.52. The summed E-state index contributed by atoms with van der Waals surface area (Å²) in [5.41, 5.74) is -0.414. The third-order valence-electron chi connectivity index (χ3n) is 2.52. The van der Waals surface area contributed by atoms with E-state index in [1.54, 1.807) is 13.8 Å². The van der Waals surface area contributed by atoms with Crippen LogP contribution in [0.25, 0.3) is 0 Å². The summed E-state index contributed by atoms with van der Waals surface area (Å²) in [5.74, 6) is -0.307. The van der Waals surface area contributed by atoms with Gasteiger partial charge in [-0.1, -0.05) is 6.92 Å². The van der Waals surface area contributed by atoms with Crippen molar-refractivity contribution < 1.29 is 24.0 Å². The van der Waals surface area contributed by atoms with Gasteiger partial charge in [0, 0.05) is 6.07 Å². The molecule has 1 rings (SSSR count). The first-order valence-corrected chi connectivity index (χ1v) is 6.10. The van der Waals surface area contributed by atoms with Crippen LogP contribution in [0.1, 0.15) is 30.6 Å². The molecule has 0 heterocycles. The highest BCUT2D eigenvalue weighted by Gasteiger charge is 2.21. The van der Waals surface area contributed by atoms with Gasteiger partial charge in [-0.3, -0.25) is 14.9 Å². The molecule has 0 saturated carbocycles. The van der Waals surface area contributed by atoms with Crippen molar-refractivity contribution in [3.8, 4) is 5.75 Å². The zero-order chi connectivity index (χ0) is 15.1. The molecule has 7 nitrogen and oxygen atoms in total. The first-order valence-electron chi connectivity index (χ1n) is 6.10. The fraction of sp³-hybridized carbons (Fsp3) is 0.385. The van der Waals surface area contributed by atoms with E-state index in [1.165, 1.54) is 12.1 Å². The molecular formula is C13H15NO6. The van der Waals surface area contributed by atoms with Crippen LogP contribution in [-0.2, 0) is 9.53 Å². The van der Waals surface area contributed by atoms with Gasteiger partial charge in [-0.05, 0) is 25.5 Å². The van der Waals surface area contributed by atoms with Gasteiger partial charge in [0.25, 0.3) is 5.69 Å². The van der Waals surface area contributed by atoms with Crippen LogP contribution in [-0.4, -0.2) is 29.9 Å². The molecule has 7 heteroatoms. The molecule has 1 aromatic rings. The monoisotopic (exact) mass is 281 g/mol. The molecule has 0 spiro atoms. The lowest BCUT2D eigenvalue weighted by molar-refractivity contribution is -0.385. The summed E-state index contributed by atoms with van der Waals surface area (Å²) < 4.78 is 10.2. The molecule has 1 atom stereocenters. The molecule has 20 heavy (non-hydrogen) atoms. The highest BCUT2D eigenvalue weighted by atomic mass is 16.6. The van der Waals surface area contributed by atoms with Crippen molar-refractivity contribution in [3.63, 3.8) is 0 Å². The fourth-order valence-corrected chi connectivity index (χ4v) is 1.56. The van der Waals surface area contributed by atoms with Gasteiger partial charge in [-0.25, -0.2) is 4.79 Å². The summed E-state index contributed by atoms with van der Waals surface area (Å²) in [7, 11) is 0. The zero-order valence-electron chi connectivity index (χ0n) is 11.2. The lowest BCUT2D eigenvalue weighted by atomic mass is 10.2. The molecule has 108 valence electrons. The molecule has 0 saturated heterocycles. The molecule has 0 radical (unpaired) electrons. The molecule has 0 bridgehead atoms. The average molecular weight is 281 g/mol. The number of rotatable bonds is 7. The molecule has 0 aliphatic rings. The van der Waals surface area contributed by atoms with Gasteiger partial charge in [0.05, 0.1) is 17.1 Å². The van der Waals surface area contributed by atoms with Crippen molar-refractivity contribution in [1.29, 1.82) is 0 Å². The van der Waals surface area contributed by atoms with Gasteiger partial charge in [-0.15, -0.1) is 0 Å². The Hall–Kier alpha value is -2.44. The van der Waals surface area contributed by atoms with E-state index in [1.807, 2.05) is 0 Å². The maximum absolute atomic E-state index is 11.6. The Balaban J connectivity index is 2.94. The average Bonchev–Trinajstić information content (AvgIpc) is 2.44. The second-order valence-electron chi connectivity index (χ2n) is 3.86. The summed E-state index contributed by atoms with van der Waals surface area (Å²) in [6.07, 6.45) is -0.0568. The second-order valence-corrected chi connectivity index (χ2v) is 3.86. The van der Waals surface area contributed by atoms with E-state index in [0.717, 1.165) is 6.07 Å². The number of carbonyl (C=O) groups is 2. The van der Waals surface area contributed by atoms with Crippen molar-refractivity contribution in [2.45, 2.75) is 26.4 Å². The van der Waals surface area contributed by atoms with E-state index in [-0.39, 0.29) is 23.6 Å². The first-order chi connectivity index (χ1) is 9.53. The number of carbonyl (C=O) groups excluding carboxylic acids is 2. The van der Waals surface area contributed by atoms with Gasteiger partial charge < -0.3 is 9.47 Å². The highest BCUT2D eigenvalue weighted by Crippen LogP contribution is 2.24. The van der Waals surface area contributed by atoms with Crippen molar-refractivity contribution in [2.24, 2.45) is 0 Å². The molecule has 0 amide bonds. The standard InChI is InChI=1S/C13H15NO6/c1-3-12(13(16)19-4-2)20-10-5-6-11(14(17)18)9(7-10)8-15/h5-8,12H,3-4H2,1-2H3. The van der Waals surface area contributed by atoms with Crippen molar-refractivity contribution in [3.05, 3.63) is 33.9 Å². The zero-order valence-corrected chi connectivity index (χ0v) is 11.2. The largest absolute Gasteiger partial charge is 0.479 e. The number of nitro groups is 1. The summed E-state index contributed by atoms with van der Waals surface area (Å²) in [5, 5.41) is 10.7. The van der Waals surface area contributed by atoms with Crippen LogP contribution in [0.5, 0.6) is 5.75 Å². The second kappa shape index (κ2) is 7.22. The highest BCUT2D eigenvalue weighted by molar-refractivity contribution is 5.82. The van der Waals surface area contributed by atoms with Crippen LogP contribution < -0.4 is 4.74 Å². The topological polar surface area (TPSA) is 95.7 Å². The predicted octanol–water partition coefficient (Wildman–Crippen LogP) is 2.13. The molecule has 0 fully saturated rings. The molecule has 0 N–H and O–H groups in total. The van der Waals surface area contributed by atoms with Gasteiger partial charge >= 0.3 is 5.97 Å². The van der Waals surface area contributed by atoms with Crippen LogP contribution in [0.15, 0.2) is 18.2 Å². The van der Waals surface area contributed by atoms with Gasteiger partial charge in [0.15, 0.2) is 12.4 Å². The Bertz CT molecular complexity index is 514. The van der Waals surface area contributed by atoms with Crippen molar-refractivity contribution >= 4 is 17.9 Å². The minimum atomic E-state index is -0.809. The Morgan fingerprint density at radius 3 is 2.65 bits per heavy atom. The minimum Gasteiger partial charge on any atom is -0.479 e. The van der Waals surface area contributed by atoms with E-state index >= 15 is 0 Å². The number of hydrogen-bond donors (Lipinski definition) is 0. The number of nitro benzene ring substituents is 1. The number of aldehydes is 1. The van der Waals surface area contributed by atoms with Crippen LogP contribution >= 0.6 is 0 Å². The lowest BCUT2D eigenvalue weighted by Gasteiger charge is -2.16. The third kappa shape index (κ3) is 3.78.